The minimum Gasteiger partial charge on any atom is -0.496 e. The van der Waals surface area contributed by atoms with E-state index in [1.165, 1.54) is 6.39 Å². The lowest BCUT2D eigenvalue weighted by Crippen LogP contribution is -2.46. The number of amidine groups is 1. The fourth-order valence-electron chi connectivity index (χ4n) is 1.91. The summed E-state index contributed by atoms with van der Waals surface area (Å²) in [6, 6.07) is 5.43. The van der Waals surface area contributed by atoms with E-state index in [2.05, 4.69) is 20.8 Å². The standard InChI is InChI=1S/C13H11Cl2N5O2/c1-21-10-4-8(2-3-9(10)11-6-16-7-22-11)17-13-5-12(14)18-20(15)19-13/h2-7,18H,1H3,(H,17,19). The topological polar surface area (TPSA) is 74.9 Å². The summed E-state index contributed by atoms with van der Waals surface area (Å²) in [6.45, 7) is 0. The van der Waals surface area contributed by atoms with Crippen LogP contribution in [0.4, 0.5) is 5.69 Å². The molecule has 1 aliphatic rings. The average molecular weight is 340 g/mol. The predicted molar refractivity (Wildman–Crippen MR) is 83.5 cm³/mol. The van der Waals surface area contributed by atoms with Crippen molar-refractivity contribution in [1.82, 2.24) is 20.5 Å². The molecule has 114 valence electrons. The van der Waals surface area contributed by atoms with Gasteiger partial charge < -0.3 is 9.15 Å². The van der Waals surface area contributed by atoms with Crippen LogP contribution < -0.4 is 15.6 Å². The van der Waals surface area contributed by atoms with Gasteiger partial charge in [0.05, 0.1) is 24.6 Å². The highest BCUT2D eigenvalue weighted by molar-refractivity contribution is 6.31. The molecule has 0 fully saturated rings. The molecule has 0 radical (unpaired) electrons. The van der Waals surface area contributed by atoms with Gasteiger partial charge in [0.1, 0.15) is 16.7 Å². The van der Waals surface area contributed by atoms with Crippen LogP contribution in [-0.4, -0.2) is 22.6 Å². The number of aromatic nitrogens is 1. The van der Waals surface area contributed by atoms with Gasteiger partial charge in [0.25, 0.3) is 0 Å². The summed E-state index contributed by atoms with van der Waals surface area (Å²) < 4.78 is 11.7. The van der Waals surface area contributed by atoms with Crippen LogP contribution in [0.2, 0.25) is 0 Å². The number of ether oxygens (including phenoxy) is 1. The minimum absolute atomic E-state index is 0.345. The Morgan fingerprint density at radius 1 is 1.36 bits per heavy atom. The molecule has 1 aromatic carbocycles. The Kier molecular flexibility index (Phi) is 4.19. The summed E-state index contributed by atoms with van der Waals surface area (Å²) in [4.78, 5) is 8.30. The second-order valence-electron chi connectivity index (χ2n) is 4.24. The van der Waals surface area contributed by atoms with Gasteiger partial charge in [-0.1, -0.05) is 11.6 Å². The number of oxazole rings is 1. The molecule has 0 bridgehead atoms. The minimum atomic E-state index is 0.345. The third-order valence-corrected chi connectivity index (χ3v) is 3.18. The first kappa shape index (κ1) is 14.7. The van der Waals surface area contributed by atoms with E-state index in [0.717, 1.165) is 10.2 Å². The predicted octanol–water partition coefficient (Wildman–Crippen LogP) is 2.94. The Morgan fingerprint density at radius 2 is 2.23 bits per heavy atom. The number of hydrazine groups is 2. The summed E-state index contributed by atoms with van der Waals surface area (Å²) in [5.41, 5.74) is 6.87. The summed E-state index contributed by atoms with van der Waals surface area (Å²) in [6.07, 6.45) is 4.59. The van der Waals surface area contributed by atoms with Gasteiger partial charge in [-0.05, 0) is 16.8 Å². The number of aliphatic imine (C=N–C) groups is 1. The number of nitrogens with one attached hydrogen (secondary N) is 2. The Morgan fingerprint density at radius 3 is 2.91 bits per heavy atom. The lowest BCUT2D eigenvalue weighted by Gasteiger charge is -2.22. The van der Waals surface area contributed by atoms with Crippen LogP contribution in [0.1, 0.15) is 0 Å². The first-order valence-electron chi connectivity index (χ1n) is 6.18. The average Bonchev–Trinajstić information content (AvgIpc) is 3.00. The summed E-state index contributed by atoms with van der Waals surface area (Å²) in [5, 5.41) is 0.345. The molecule has 0 amide bonds. The molecule has 3 rings (SSSR count). The zero-order valence-electron chi connectivity index (χ0n) is 11.4. The third kappa shape index (κ3) is 3.16. The van der Waals surface area contributed by atoms with E-state index in [-0.39, 0.29) is 0 Å². The largest absolute Gasteiger partial charge is 0.496 e. The van der Waals surface area contributed by atoms with Crippen molar-refractivity contribution in [1.29, 1.82) is 0 Å². The summed E-state index contributed by atoms with van der Waals surface area (Å²) >= 11 is 11.7. The van der Waals surface area contributed by atoms with Gasteiger partial charge >= 0.3 is 0 Å². The van der Waals surface area contributed by atoms with Crippen molar-refractivity contribution in [3.63, 3.8) is 0 Å². The molecule has 0 unspecified atom stereocenters. The number of hydrogen-bond acceptors (Lipinski definition) is 6. The molecule has 0 atom stereocenters. The van der Waals surface area contributed by atoms with E-state index in [1.807, 2.05) is 12.1 Å². The molecule has 1 aliphatic heterocycles. The highest BCUT2D eigenvalue weighted by Gasteiger charge is 2.13. The van der Waals surface area contributed by atoms with Crippen LogP contribution >= 0.6 is 23.4 Å². The molecule has 0 saturated heterocycles. The van der Waals surface area contributed by atoms with Gasteiger partial charge in [0.2, 0.25) is 0 Å². The van der Waals surface area contributed by atoms with Crippen molar-refractivity contribution in [2.75, 3.05) is 7.11 Å². The van der Waals surface area contributed by atoms with Crippen LogP contribution in [0, 0.1) is 0 Å². The first-order valence-corrected chi connectivity index (χ1v) is 6.89. The second-order valence-corrected chi connectivity index (χ2v) is 4.99. The monoisotopic (exact) mass is 339 g/mol. The lowest BCUT2D eigenvalue weighted by atomic mass is 10.1. The van der Waals surface area contributed by atoms with Crippen molar-refractivity contribution in [2.45, 2.75) is 0 Å². The molecule has 1 aromatic heterocycles. The highest BCUT2D eigenvalue weighted by atomic mass is 35.5. The van der Waals surface area contributed by atoms with Crippen LogP contribution in [0.5, 0.6) is 5.75 Å². The van der Waals surface area contributed by atoms with Gasteiger partial charge in [0.15, 0.2) is 12.2 Å². The number of halogens is 2. The second kappa shape index (κ2) is 6.27. The molecule has 22 heavy (non-hydrogen) atoms. The fraction of sp³-hybridized carbons (Fsp3) is 0.0769. The maximum absolute atomic E-state index is 5.88. The molecule has 2 aromatic rings. The van der Waals surface area contributed by atoms with Crippen molar-refractivity contribution >= 4 is 34.9 Å². The quantitative estimate of drug-likeness (QED) is 0.661. The number of hydrogen-bond donors (Lipinski definition) is 2. The number of methoxy groups -OCH3 is 1. The number of nitrogens with zero attached hydrogens (tertiary/aromatic N) is 3. The summed E-state index contributed by atoms with van der Waals surface area (Å²) in [5.74, 6) is 1.71. The van der Waals surface area contributed by atoms with Gasteiger partial charge in [0, 0.05) is 23.9 Å². The smallest absolute Gasteiger partial charge is 0.181 e. The van der Waals surface area contributed by atoms with E-state index in [1.54, 1.807) is 25.4 Å². The van der Waals surface area contributed by atoms with Crippen LogP contribution in [-0.2, 0) is 0 Å². The van der Waals surface area contributed by atoms with Crippen molar-refractivity contribution < 1.29 is 9.15 Å². The van der Waals surface area contributed by atoms with Gasteiger partial charge in [-0.2, -0.15) is 0 Å². The summed E-state index contributed by atoms with van der Waals surface area (Å²) in [7, 11) is 1.58. The van der Waals surface area contributed by atoms with Gasteiger partial charge in [-0.25, -0.2) is 9.98 Å². The van der Waals surface area contributed by atoms with Gasteiger partial charge in [-0.3, -0.25) is 10.9 Å². The zero-order valence-corrected chi connectivity index (χ0v) is 12.9. The molecule has 0 aliphatic carbocycles. The molecule has 7 nitrogen and oxygen atoms in total. The van der Waals surface area contributed by atoms with E-state index in [0.29, 0.717) is 28.2 Å². The van der Waals surface area contributed by atoms with E-state index in [4.69, 9.17) is 32.5 Å². The maximum Gasteiger partial charge on any atom is 0.181 e. The lowest BCUT2D eigenvalue weighted by molar-refractivity contribution is 0.338. The SMILES string of the molecule is COc1cc(N=C2C=C(Cl)NN(Cl)N2)ccc1-c1cnco1. The highest BCUT2D eigenvalue weighted by Crippen LogP contribution is 2.33. The van der Waals surface area contributed by atoms with Crippen LogP contribution in [0.3, 0.4) is 0 Å². The number of rotatable bonds is 3. The van der Waals surface area contributed by atoms with Crippen molar-refractivity contribution in [3.05, 3.63) is 42.0 Å². The first-order chi connectivity index (χ1) is 10.7. The molecule has 0 saturated carbocycles. The van der Waals surface area contributed by atoms with Crippen molar-refractivity contribution in [3.8, 4) is 17.1 Å². The van der Waals surface area contributed by atoms with Crippen molar-refractivity contribution in [2.24, 2.45) is 4.99 Å². The fourth-order valence-corrected chi connectivity index (χ4v) is 2.31. The molecule has 0 spiro atoms. The Bertz CT molecular complexity index is 730. The van der Waals surface area contributed by atoms with E-state index >= 15 is 0 Å². The van der Waals surface area contributed by atoms with E-state index in [9.17, 15) is 0 Å². The van der Waals surface area contributed by atoms with Crippen LogP contribution in [0.15, 0.2) is 51.4 Å². The van der Waals surface area contributed by atoms with Crippen LogP contribution in [0.25, 0.3) is 11.3 Å². The Hall–Kier alpha value is -2.22. The van der Waals surface area contributed by atoms with E-state index < -0.39 is 0 Å². The molecular weight excluding hydrogens is 329 g/mol. The molecule has 9 heteroatoms. The normalized spacial score (nSPS) is 16.9. The Labute approximate surface area is 136 Å². The molecule has 2 heterocycles. The molecular formula is C13H11Cl2N5O2. The Balaban J connectivity index is 1.94. The van der Waals surface area contributed by atoms with Gasteiger partial charge in [-0.15, -0.1) is 0 Å². The maximum atomic E-state index is 5.88. The molecule has 2 N–H and O–H groups in total. The number of benzene rings is 1. The zero-order chi connectivity index (χ0) is 15.5. The third-order valence-electron chi connectivity index (χ3n) is 2.81.